The minimum atomic E-state index is -0.631. The Labute approximate surface area is 243 Å². The Morgan fingerprint density at radius 1 is 1.05 bits per heavy atom. The van der Waals surface area contributed by atoms with Crippen molar-refractivity contribution in [3.8, 4) is 22.9 Å². The first kappa shape index (κ1) is 26.8. The molecule has 1 aromatic carbocycles. The number of nitrogens with one attached hydrogen (secondary N) is 1. The van der Waals surface area contributed by atoms with Crippen molar-refractivity contribution in [3.05, 3.63) is 53.0 Å². The number of ketones is 1. The Bertz CT molecular complexity index is 1690. The Morgan fingerprint density at radius 2 is 1.83 bits per heavy atom. The molecule has 1 N–H and O–H groups in total. The number of fused-ring (bicyclic) bond motifs is 2. The summed E-state index contributed by atoms with van der Waals surface area (Å²) in [6.45, 7) is 1.34. The highest BCUT2D eigenvalue weighted by atomic mass is 79.9. The maximum Gasteiger partial charge on any atom is 0.316 e. The summed E-state index contributed by atoms with van der Waals surface area (Å²) in [6, 6.07) is 8.47. The van der Waals surface area contributed by atoms with Gasteiger partial charge in [0, 0.05) is 48.4 Å². The van der Waals surface area contributed by atoms with Gasteiger partial charge in [-0.1, -0.05) is 6.07 Å². The fourth-order valence-electron chi connectivity index (χ4n) is 5.43. The predicted octanol–water partition coefficient (Wildman–Crippen LogP) is 3.50. The molecule has 41 heavy (non-hydrogen) atoms. The van der Waals surface area contributed by atoms with Crippen molar-refractivity contribution in [1.29, 1.82) is 0 Å². The zero-order chi connectivity index (χ0) is 28.8. The lowest BCUT2D eigenvalue weighted by Gasteiger charge is -2.27. The largest absolute Gasteiger partial charge is 0.497 e. The minimum Gasteiger partial charge on any atom is -0.497 e. The molecule has 1 aliphatic heterocycles. The first-order valence-corrected chi connectivity index (χ1v) is 13.8. The fourth-order valence-corrected chi connectivity index (χ4v) is 5.85. The van der Waals surface area contributed by atoms with Gasteiger partial charge in [-0.2, -0.15) is 5.10 Å². The van der Waals surface area contributed by atoms with Gasteiger partial charge in [0.25, 0.3) is 0 Å². The molecular formula is C28H26BrN7O5. The summed E-state index contributed by atoms with van der Waals surface area (Å²) in [5, 5.41) is 7.95. The molecule has 210 valence electrons. The van der Waals surface area contributed by atoms with Gasteiger partial charge in [0.1, 0.15) is 34.5 Å². The molecule has 0 radical (unpaired) electrons. The van der Waals surface area contributed by atoms with E-state index in [9.17, 15) is 14.4 Å². The fraction of sp³-hybridized carbons (Fsp3) is 0.321. The molecule has 4 heterocycles. The van der Waals surface area contributed by atoms with Gasteiger partial charge in [0.15, 0.2) is 5.78 Å². The highest BCUT2D eigenvalue weighted by molar-refractivity contribution is 9.10. The van der Waals surface area contributed by atoms with Crippen molar-refractivity contribution in [2.24, 2.45) is 5.92 Å². The summed E-state index contributed by atoms with van der Waals surface area (Å²) in [5.74, 6) is 0.398. The van der Waals surface area contributed by atoms with Crippen LogP contribution in [0.25, 0.3) is 22.0 Å². The van der Waals surface area contributed by atoms with Gasteiger partial charge >= 0.3 is 6.01 Å². The highest BCUT2D eigenvalue weighted by Gasteiger charge is 2.56. The van der Waals surface area contributed by atoms with Gasteiger partial charge in [-0.05, 0) is 52.4 Å². The van der Waals surface area contributed by atoms with E-state index in [4.69, 9.17) is 9.47 Å². The average molecular weight is 620 g/mol. The highest BCUT2D eigenvalue weighted by Crippen LogP contribution is 2.48. The number of hydrogen-bond acceptors (Lipinski definition) is 9. The van der Waals surface area contributed by atoms with Crippen molar-refractivity contribution < 1.29 is 23.9 Å². The van der Waals surface area contributed by atoms with Gasteiger partial charge in [-0.3, -0.25) is 19.1 Å². The number of likely N-dealkylation sites (tertiary alicyclic amines) is 1. The van der Waals surface area contributed by atoms with Crippen LogP contribution >= 0.6 is 15.9 Å². The van der Waals surface area contributed by atoms with Crippen LogP contribution < -0.4 is 14.8 Å². The van der Waals surface area contributed by atoms with Crippen LogP contribution in [0.5, 0.6) is 11.8 Å². The number of nitrogens with zero attached hydrogens (tertiary/aromatic N) is 6. The quantitative estimate of drug-likeness (QED) is 0.232. The molecule has 2 amide bonds. The molecule has 1 aliphatic carbocycles. The van der Waals surface area contributed by atoms with E-state index >= 15 is 0 Å². The second kappa shape index (κ2) is 10.5. The van der Waals surface area contributed by atoms with Crippen LogP contribution in [0.2, 0.25) is 0 Å². The van der Waals surface area contributed by atoms with Crippen molar-refractivity contribution in [2.45, 2.75) is 38.4 Å². The van der Waals surface area contributed by atoms with Crippen LogP contribution in [0.4, 0.5) is 5.82 Å². The number of Topliss-reactive ketones (excluding diaryl/α,β-unsaturated/α-hetero) is 1. The predicted molar refractivity (Wildman–Crippen MR) is 152 cm³/mol. The summed E-state index contributed by atoms with van der Waals surface area (Å²) in [4.78, 5) is 53.7. The van der Waals surface area contributed by atoms with Gasteiger partial charge in [0.2, 0.25) is 11.8 Å². The van der Waals surface area contributed by atoms with Crippen molar-refractivity contribution in [1.82, 2.24) is 29.6 Å². The van der Waals surface area contributed by atoms with Crippen molar-refractivity contribution >= 4 is 50.2 Å². The standard InChI is InChI=1S/C28H26BrN7O5/c1-14(37)26-19-6-15(17-11-30-28(41-3)31-12-17)4-5-20(19)35(34-26)13-25(38)36-21-7-16(21)8-22(36)27(39)33-24-10-18(40-2)9-23(29)32-24/h4-6,9-12,16,21-22H,7-8,13H2,1-3H3,(H,32,33,39)/t16-,21-,22+/m1/s1. The molecule has 12 nitrogen and oxygen atoms in total. The summed E-state index contributed by atoms with van der Waals surface area (Å²) >= 11 is 3.32. The van der Waals surface area contributed by atoms with Crippen LogP contribution in [-0.2, 0) is 16.1 Å². The third-order valence-corrected chi connectivity index (χ3v) is 7.87. The van der Waals surface area contributed by atoms with Crippen LogP contribution in [0, 0.1) is 5.92 Å². The SMILES string of the molecule is COc1cc(Br)nc(NC(=O)[C@@H]2C[C@H]3C[C@H]3N2C(=O)Cn2nc(C(C)=O)c3cc(-c4cnc(OC)nc4)ccc32)c1. The lowest BCUT2D eigenvalue weighted by atomic mass is 10.0. The molecular weight excluding hydrogens is 594 g/mol. The molecule has 3 aromatic heterocycles. The van der Waals surface area contributed by atoms with Crippen LogP contribution in [0.1, 0.15) is 30.3 Å². The lowest BCUT2D eigenvalue weighted by molar-refractivity contribution is -0.138. The summed E-state index contributed by atoms with van der Waals surface area (Å²) in [7, 11) is 3.02. The zero-order valence-corrected chi connectivity index (χ0v) is 24.1. The maximum atomic E-state index is 13.7. The molecule has 3 atom stereocenters. The first-order chi connectivity index (χ1) is 19.7. The second-order valence-corrected chi connectivity index (χ2v) is 10.9. The molecule has 0 unspecified atom stereocenters. The number of halogens is 1. The van der Waals surface area contributed by atoms with Gasteiger partial charge in [0.05, 0.1) is 19.7 Å². The van der Waals surface area contributed by atoms with E-state index in [0.29, 0.717) is 33.5 Å². The molecule has 2 fully saturated rings. The molecule has 6 rings (SSSR count). The molecule has 1 saturated heterocycles. The normalized spacial score (nSPS) is 19.1. The number of carbonyl (C=O) groups is 3. The van der Waals surface area contributed by atoms with Crippen LogP contribution in [0.3, 0.4) is 0 Å². The second-order valence-electron chi connectivity index (χ2n) is 10.1. The number of hydrogen-bond donors (Lipinski definition) is 1. The van der Waals surface area contributed by atoms with E-state index in [-0.39, 0.29) is 47.8 Å². The van der Waals surface area contributed by atoms with E-state index in [0.717, 1.165) is 17.5 Å². The van der Waals surface area contributed by atoms with Crippen molar-refractivity contribution in [2.75, 3.05) is 19.5 Å². The molecule has 4 aromatic rings. The van der Waals surface area contributed by atoms with Crippen LogP contribution in [-0.4, -0.2) is 73.5 Å². The molecule has 0 spiro atoms. The Morgan fingerprint density at radius 3 is 2.54 bits per heavy atom. The smallest absolute Gasteiger partial charge is 0.316 e. The lowest BCUT2D eigenvalue weighted by Crippen LogP contribution is -2.46. The molecule has 2 aliphatic rings. The Balaban J connectivity index is 1.25. The number of ether oxygens (including phenoxy) is 2. The number of methoxy groups -OCH3 is 2. The van der Waals surface area contributed by atoms with Gasteiger partial charge in [-0.25, -0.2) is 15.0 Å². The maximum absolute atomic E-state index is 13.7. The molecule has 13 heteroatoms. The van der Waals surface area contributed by atoms with E-state index in [2.05, 4.69) is 41.3 Å². The average Bonchev–Trinajstić information content (AvgIpc) is 3.47. The van der Waals surface area contributed by atoms with Gasteiger partial charge in [-0.15, -0.1) is 0 Å². The minimum absolute atomic E-state index is 0.0130. The first-order valence-electron chi connectivity index (χ1n) is 13.0. The number of amides is 2. The number of anilines is 1. The van der Waals surface area contributed by atoms with E-state index < -0.39 is 6.04 Å². The summed E-state index contributed by atoms with van der Waals surface area (Å²) in [5.41, 5.74) is 2.44. The van der Waals surface area contributed by atoms with E-state index in [1.54, 1.807) is 29.4 Å². The zero-order valence-electron chi connectivity index (χ0n) is 22.5. The van der Waals surface area contributed by atoms with E-state index in [1.165, 1.54) is 25.8 Å². The number of pyridine rings is 1. The summed E-state index contributed by atoms with van der Waals surface area (Å²) < 4.78 is 12.3. The number of carbonyl (C=O) groups excluding carboxylic acids is 3. The van der Waals surface area contributed by atoms with E-state index in [1.807, 2.05) is 18.2 Å². The summed E-state index contributed by atoms with van der Waals surface area (Å²) in [6.07, 6.45) is 4.72. The number of benzene rings is 1. The third kappa shape index (κ3) is 5.12. The Hall–Kier alpha value is -4.39. The van der Waals surface area contributed by atoms with Crippen LogP contribution in [0.15, 0.2) is 47.3 Å². The third-order valence-electron chi connectivity index (χ3n) is 7.46. The van der Waals surface area contributed by atoms with Gasteiger partial charge < -0.3 is 19.7 Å². The number of rotatable bonds is 8. The monoisotopic (exact) mass is 619 g/mol. The Kier molecular flexibility index (Phi) is 6.89. The molecule has 1 saturated carbocycles. The topological polar surface area (TPSA) is 141 Å². The van der Waals surface area contributed by atoms with Crippen molar-refractivity contribution in [3.63, 3.8) is 0 Å². The number of aromatic nitrogens is 5. The molecule has 0 bridgehead atoms. The number of piperidine rings is 1.